The fourth-order valence-corrected chi connectivity index (χ4v) is 3.66. The van der Waals surface area contributed by atoms with E-state index in [9.17, 15) is 10.1 Å². The average molecular weight is 393 g/mol. The van der Waals surface area contributed by atoms with E-state index >= 15 is 0 Å². The highest BCUT2D eigenvalue weighted by atomic mass is 35.5. The monoisotopic (exact) mass is 392 g/mol. The fourth-order valence-electron chi connectivity index (χ4n) is 2.82. The van der Waals surface area contributed by atoms with E-state index in [4.69, 9.17) is 11.6 Å². The molecule has 0 aliphatic heterocycles. The summed E-state index contributed by atoms with van der Waals surface area (Å²) < 4.78 is 1.87. The molecule has 27 heavy (non-hydrogen) atoms. The first kappa shape index (κ1) is 17.3. The molecule has 0 saturated heterocycles. The van der Waals surface area contributed by atoms with Crippen LogP contribution in [-0.2, 0) is 6.54 Å². The van der Waals surface area contributed by atoms with Gasteiger partial charge in [0.25, 0.3) is 5.91 Å². The van der Waals surface area contributed by atoms with Crippen LogP contribution in [0.15, 0.2) is 60.1 Å². The number of hydrogen-bond acceptors (Lipinski definition) is 4. The molecule has 0 atom stereocenters. The van der Waals surface area contributed by atoms with Gasteiger partial charge in [0, 0.05) is 28.7 Å². The molecule has 0 unspecified atom stereocenters. The van der Waals surface area contributed by atoms with Crippen LogP contribution in [0.3, 0.4) is 0 Å². The van der Waals surface area contributed by atoms with Crippen molar-refractivity contribution in [3.63, 3.8) is 0 Å². The Morgan fingerprint density at radius 3 is 2.85 bits per heavy atom. The second-order valence-electron chi connectivity index (χ2n) is 5.87. The summed E-state index contributed by atoms with van der Waals surface area (Å²) in [6.07, 6.45) is 1.87. The maximum atomic E-state index is 12.8. The molecular formula is C20H13ClN4OS. The zero-order valence-corrected chi connectivity index (χ0v) is 15.6. The number of fused-ring (bicyclic) bond motifs is 1. The maximum absolute atomic E-state index is 12.8. The lowest BCUT2D eigenvalue weighted by Crippen LogP contribution is -2.23. The third-order valence-corrected chi connectivity index (χ3v) is 5.12. The molecule has 4 aromatic rings. The first-order valence-electron chi connectivity index (χ1n) is 8.14. The van der Waals surface area contributed by atoms with Crippen LogP contribution in [0.25, 0.3) is 16.2 Å². The van der Waals surface area contributed by atoms with Crippen LogP contribution in [0.2, 0.25) is 5.02 Å². The van der Waals surface area contributed by atoms with Crippen molar-refractivity contribution in [2.75, 3.05) is 0 Å². The minimum Gasteiger partial charge on any atom is -0.347 e. The Morgan fingerprint density at radius 2 is 2.07 bits per heavy atom. The van der Waals surface area contributed by atoms with E-state index in [0.29, 0.717) is 28.5 Å². The van der Waals surface area contributed by atoms with Gasteiger partial charge in [0.2, 0.25) is 0 Å². The lowest BCUT2D eigenvalue weighted by Gasteiger charge is -2.07. The van der Waals surface area contributed by atoms with E-state index in [1.165, 1.54) is 11.3 Å². The molecule has 4 rings (SSSR count). The largest absolute Gasteiger partial charge is 0.347 e. The number of hydrogen-bond donors (Lipinski definition) is 1. The van der Waals surface area contributed by atoms with Gasteiger partial charge < -0.3 is 5.32 Å². The van der Waals surface area contributed by atoms with Crippen LogP contribution in [0.5, 0.6) is 0 Å². The van der Waals surface area contributed by atoms with E-state index in [2.05, 4.69) is 16.4 Å². The van der Waals surface area contributed by atoms with Gasteiger partial charge in [-0.3, -0.25) is 9.20 Å². The van der Waals surface area contributed by atoms with Crippen LogP contribution in [0.1, 0.15) is 21.6 Å². The lowest BCUT2D eigenvalue weighted by atomic mass is 10.1. The summed E-state index contributed by atoms with van der Waals surface area (Å²) in [6.45, 7) is 0.374. The first-order valence-corrected chi connectivity index (χ1v) is 9.40. The second-order valence-corrected chi connectivity index (χ2v) is 7.18. The number of imidazole rings is 1. The van der Waals surface area contributed by atoms with Crippen molar-refractivity contribution in [2.45, 2.75) is 6.54 Å². The smallest absolute Gasteiger partial charge is 0.272 e. The number of carbonyl (C=O) groups is 1. The van der Waals surface area contributed by atoms with Crippen molar-refractivity contribution in [2.24, 2.45) is 0 Å². The summed E-state index contributed by atoms with van der Waals surface area (Å²) in [4.78, 5) is 18.0. The van der Waals surface area contributed by atoms with E-state index in [0.717, 1.165) is 16.1 Å². The molecule has 0 aliphatic rings. The number of amides is 1. The summed E-state index contributed by atoms with van der Waals surface area (Å²) in [5.41, 5.74) is 3.27. The summed E-state index contributed by atoms with van der Waals surface area (Å²) in [6, 6.07) is 16.6. The van der Waals surface area contributed by atoms with Gasteiger partial charge in [-0.05, 0) is 29.8 Å². The first-order chi connectivity index (χ1) is 13.2. The summed E-state index contributed by atoms with van der Waals surface area (Å²) >= 11 is 7.35. The van der Waals surface area contributed by atoms with Crippen molar-refractivity contribution in [1.29, 1.82) is 5.26 Å². The van der Waals surface area contributed by atoms with Crippen molar-refractivity contribution in [3.05, 3.63) is 82.0 Å². The molecule has 7 heteroatoms. The predicted octanol–water partition coefficient (Wildman–Crippen LogP) is 4.52. The minimum absolute atomic E-state index is 0.266. The zero-order valence-electron chi connectivity index (χ0n) is 14.0. The molecule has 0 fully saturated rings. The summed E-state index contributed by atoms with van der Waals surface area (Å²) in [7, 11) is 0. The Labute approximate surface area is 164 Å². The van der Waals surface area contributed by atoms with Gasteiger partial charge in [0.1, 0.15) is 0 Å². The van der Waals surface area contributed by atoms with Gasteiger partial charge in [-0.25, -0.2) is 4.98 Å². The fraction of sp³-hybridized carbons (Fsp3) is 0.0500. The predicted molar refractivity (Wildman–Crippen MR) is 106 cm³/mol. The quantitative estimate of drug-likeness (QED) is 0.555. The van der Waals surface area contributed by atoms with Crippen molar-refractivity contribution in [1.82, 2.24) is 14.7 Å². The lowest BCUT2D eigenvalue weighted by molar-refractivity contribution is 0.0947. The molecule has 2 heterocycles. The molecule has 0 radical (unpaired) electrons. The molecule has 0 aliphatic carbocycles. The van der Waals surface area contributed by atoms with E-state index in [-0.39, 0.29) is 5.91 Å². The van der Waals surface area contributed by atoms with E-state index in [1.807, 2.05) is 34.2 Å². The number of carbonyl (C=O) groups excluding carboxylic acids is 1. The second kappa shape index (κ2) is 7.23. The third kappa shape index (κ3) is 3.43. The van der Waals surface area contributed by atoms with E-state index < -0.39 is 0 Å². The Morgan fingerprint density at radius 1 is 1.26 bits per heavy atom. The molecule has 2 aromatic carbocycles. The van der Waals surface area contributed by atoms with Crippen LogP contribution < -0.4 is 5.32 Å². The Bertz CT molecular complexity index is 1170. The number of halogens is 1. The van der Waals surface area contributed by atoms with Gasteiger partial charge >= 0.3 is 0 Å². The van der Waals surface area contributed by atoms with Crippen molar-refractivity contribution >= 4 is 33.8 Å². The number of thiazole rings is 1. The standard InChI is InChI=1S/C20H13ClN4OS/c21-16-6-4-13(5-7-16)12-23-19(26)17-18(25-8-9-27-20(25)24-17)15-3-1-2-14(10-15)11-22/h1-10H,12H2,(H,23,26). The zero-order chi connectivity index (χ0) is 18.8. The number of nitrogens with zero attached hydrogens (tertiary/aromatic N) is 3. The SMILES string of the molecule is N#Cc1cccc(-c2c(C(=O)NCc3ccc(Cl)cc3)nc3sccn23)c1. The topological polar surface area (TPSA) is 70.2 Å². The number of aromatic nitrogens is 2. The van der Waals surface area contributed by atoms with Crippen LogP contribution in [-0.4, -0.2) is 15.3 Å². The summed E-state index contributed by atoms with van der Waals surface area (Å²) in [5.74, 6) is -0.266. The molecule has 5 nitrogen and oxygen atoms in total. The minimum atomic E-state index is -0.266. The maximum Gasteiger partial charge on any atom is 0.272 e. The van der Waals surface area contributed by atoms with Gasteiger partial charge in [0.15, 0.2) is 10.7 Å². The molecular weight excluding hydrogens is 380 g/mol. The van der Waals surface area contributed by atoms with Crippen molar-refractivity contribution in [3.8, 4) is 17.3 Å². The van der Waals surface area contributed by atoms with Gasteiger partial charge in [-0.2, -0.15) is 5.26 Å². The van der Waals surface area contributed by atoms with E-state index in [1.54, 1.807) is 30.3 Å². The molecule has 0 bridgehead atoms. The summed E-state index contributed by atoms with van der Waals surface area (Å²) in [5, 5.41) is 14.7. The highest BCUT2D eigenvalue weighted by molar-refractivity contribution is 7.15. The van der Waals surface area contributed by atoms with Gasteiger partial charge in [-0.15, -0.1) is 11.3 Å². The molecule has 132 valence electrons. The number of nitrogens with one attached hydrogen (secondary N) is 1. The number of nitriles is 1. The Kier molecular flexibility index (Phi) is 4.63. The molecule has 2 aromatic heterocycles. The normalized spacial score (nSPS) is 10.7. The Balaban J connectivity index is 1.69. The highest BCUT2D eigenvalue weighted by Crippen LogP contribution is 2.28. The molecule has 0 saturated carbocycles. The van der Waals surface area contributed by atoms with Crippen LogP contribution in [0.4, 0.5) is 0 Å². The van der Waals surface area contributed by atoms with Crippen molar-refractivity contribution < 1.29 is 4.79 Å². The molecule has 1 N–H and O–H groups in total. The molecule has 1 amide bonds. The van der Waals surface area contributed by atoms with Crippen LogP contribution in [0, 0.1) is 11.3 Å². The van der Waals surface area contributed by atoms with Crippen LogP contribution >= 0.6 is 22.9 Å². The van der Waals surface area contributed by atoms with Gasteiger partial charge in [0.05, 0.1) is 17.3 Å². The molecule has 0 spiro atoms. The van der Waals surface area contributed by atoms with Gasteiger partial charge in [-0.1, -0.05) is 35.9 Å². The number of benzene rings is 2. The third-order valence-electron chi connectivity index (χ3n) is 4.11. The Hall–Kier alpha value is -3.14. The number of rotatable bonds is 4. The average Bonchev–Trinajstić information content (AvgIpc) is 3.28. The highest BCUT2D eigenvalue weighted by Gasteiger charge is 2.21.